The van der Waals surface area contributed by atoms with Gasteiger partial charge in [0.05, 0.1) is 11.9 Å². The van der Waals surface area contributed by atoms with E-state index in [0.717, 1.165) is 36.2 Å². The molecule has 1 aromatic carbocycles. The minimum absolute atomic E-state index is 0.139. The molecule has 1 N–H and O–H groups in total. The van der Waals surface area contributed by atoms with Crippen LogP contribution in [-0.4, -0.2) is 24.0 Å². The summed E-state index contributed by atoms with van der Waals surface area (Å²) in [6, 6.07) is 11.2. The number of rotatable bonds is 7. The van der Waals surface area contributed by atoms with Gasteiger partial charge in [-0.05, 0) is 43.2 Å². The maximum Gasteiger partial charge on any atom is 0.255 e. The Bertz CT molecular complexity index is 637. The van der Waals surface area contributed by atoms with Crippen molar-refractivity contribution in [2.75, 3.05) is 23.3 Å². The standard InChI is InChI=1S/C18H22BrN3O/c1-3-10-22(11-4-2)17-9-8-16(13-20-17)21-18(23)14-6-5-7-15(19)12-14/h5-9,12-13H,3-4,10-11H2,1-2H3,(H,21,23). The van der Waals surface area contributed by atoms with Crippen LogP contribution >= 0.6 is 15.9 Å². The third-order valence-corrected chi connectivity index (χ3v) is 3.90. The van der Waals surface area contributed by atoms with Crippen molar-refractivity contribution in [3.8, 4) is 0 Å². The normalized spacial score (nSPS) is 10.4. The van der Waals surface area contributed by atoms with Crippen LogP contribution in [0.1, 0.15) is 37.0 Å². The number of carbonyl (C=O) groups is 1. The Morgan fingerprint density at radius 3 is 2.48 bits per heavy atom. The number of hydrogen-bond acceptors (Lipinski definition) is 3. The predicted octanol–water partition coefficient (Wildman–Crippen LogP) is 4.72. The number of aromatic nitrogens is 1. The molecular weight excluding hydrogens is 354 g/mol. The molecule has 0 radical (unpaired) electrons. The Balaban J connectivity index is 2.06. The highest BCUT2D eigenvalue weighted by molar-refractivity contribution is 9.10. The quantitative estimate of drug-likeness (QED) is 0.760. The number of nitrogens with zero attached hydrogens (tertiary/aromatic N) is 2. The van der Waals surface area contributed by atoms with E-state index in [1.165, 1.54) is 0 Å². The van der Waals surface area contributed by atoms with Crippen LogP contribution in [0.15, 0.2) is 47.1 Å². The molecule has 1 heterocycles. The first-order chi connectivity index (χ1) is 11.1. The number of hydrogen-bond donors (Lipinski definition) is 1. The second kappa shape index (κ2) is 8.67. The molecule has 0 spiro atoms. The van der Waals surface area contributed by atoms with Crippen LogP contribution in [0.2, 0.25) is 0 Å². The maximum absolute atomic E-state index is 12.2. The zero-order valence-corrected chi connectivity index (χ0v) is 15.1. The predicted molar refractivity (Wildman–Crippen MR) is 99.1 cm³/mol. The van der Waals surface area contributed by atoms with Gasteiger partial charge >= 0.3 is 0 Å². The van der Waals surface area contributed by atoms with E-state index in [9.17, 15) is 4.79 Å². The van der Waals surface area contributed by atoms with Crippen molar-refractivity contribution < 1.29 is 4.79 Å². The van der Waals surface area contributed by atoms with Crippen molar-refractivity contribution in [3.63, 3.8) is 0 Å². The Hall–Kier alpha value is -1.88. The Labute approximate surface area is 146 Å². The third kappa shape index (κ3) is 5.06. The number of pyridine rings is 1. The second-order valence-corrected chi connectivity index (χ2v) is 6.27. The van der Waals surface area contributed by atoms with Gasteiger partial charge in [0.25, 0.3) is 5.91 Å². The van der Waals surface area contributed by atoms with Crippen molar-refractivity contribution in [1.82, 2.24) is 4.98 Å². The summed E-state index contributed by atoms with van der Waals surface area (Å²) in [4.78, 5) is 19.0. The fourth-order valence-corrected chi connectivity index (χ4v) is 2.76. The number of nitrogens with one attached hydrogen (secondary N) is 1. The van der Waals surface area contributed by atoms with Crippen molar-refractivity contribution in [2.45, 2.75) is 26.7 Å². The van der Waals surface area contributed by atoms with Gasteiger partial charge < -0.3 is 10.2 Å². The summed E-state index contributed by atoms with van der Waals surface area (Å²) in [5, 5.41) is 2.87. The lowest BCUT2D eigenvalue weighted by Crippen LogP contribution is -2.25. The van der Waals surface area contributed by atoms with Gasteiger partial charge in [-0.3, -0.25) is 4.79 Å². The van der Waals surface area contributed by atoms with Crippen LogP contribution in [0.3, 0.4) is 0 Å². The number of halogens is 1. The minimum Gasteiger partial charge on any atom is -0.357 e. The molecule has 4 nitrogen and oxygen atoms in total. The molecular formula is C18H22BrN3O. The van der Waals surface area contributed by atoms with Gasteiger partial charge in [-0.2, -0.15) is 0 Å². The van der Waals surface area contributed by atoms with Crippen LogP contribution in [0, 0.1) is 0 Å². The first-order valence-corrected chi connectivity index (χ1v) is 8.71. The molecule has 0 atom stereocenters. The number of anilines is 2. The van der Waals surface area contributed by atoms with E-state index in [2.05, 4.69) is 45.0 Å². The molecule has 0 aliphatic heterocycles. The highest BCUT2D eigenvalue weighted by Gasteiger charge is 2.09. The molecule has 0 fully saturated rings. The van der Waals surface area contributed by atoms with Gasteiger partial charge in [-0.1, -0.05) is 35.8 Å². The number of carbonyl (C=O) groups excluding carboxylic acids is 1. The van der Waals surface area contributed by atoms with Crippen LogP contribution in [0.4, 0.5) is 11.5 Å². The van der Waals surface area contributed by atoms with Gasteiger partial charge in [0.1, 0.15) is 5.82 Å². The molecule has 0 aliphatic rings. The van der Waals surface area contributed by atoms with Gasteiger partial charge in [-0.15, -0.1) is 0 Å². The summed E-state index contributed by atoms with van der Waals surface area (Å²) >= 11 is 3.37. The zero-order chi connectivity index (χ0) is 16.7. The molecule has 2 aromatic rings. The lowest BCUT2D eigenvalue weighted by atomic mass is 10.2. The largest absolute Gasteiger partial charge is 0.357 e. The van der Waals surface area contributed by atoms with Crippen LogP contribution < -0.4 is 10.2 Å². The van der Waals surface area contributed by atoms with Gasteiger partial charge in [-0.25, -0.2) is 4.98 Å². The van der Waals surface area contributed by atoms with Gasteiger partial charge in [0.2, 0.25) is 0 Å². The van der Waals surface area contributed by atoms with E-state index < -0.39 is 0 Å². The SMILES string of the molecule is CCCN(CCC)c1ccc(NC(=O)c2cccc(Br)c2)cn1. The van der Waals surface area contributed by atoms with Crippen molar-refractivity contribution >= 4 is 33.3 Å². The van der Waals surface area contributed by atoms with E-state index in [1.807, 2.05) is 24.3 Å². The van der Waals surface area contributed by atoms with E-state index in [0.29, 0.717) is 11.3 Å². The molecule has 23 heavy (non-hydrogen) atoms. The average molecular weight is 376 g/mol. The number of benzene rings is 1. The average Bonchev–Trinajstić information content (AvgIpc) is 2.55. The monoisotopic (exact) mass is 375 g/mol. The smallest absolute Gasteiger partial charge is 0.255 e. The summed E-state index contributed by atoms with van der Waals surface area (Å²) in [5.41, 5.74) is 1.31. The Morgan fingerprint density at radius 2 is 1.91 bits per heavy atom. The Kier molecular flexibility index (Phi) is 6.59. The van der Waals surface area contributed by atoms with Crippen molar-refractivity contribution in [2.24, 2.45) is 0 Å². The first kappa shape index (κ1) is 17.5. The van der Waals surface area contributed by atoms with Crippen molar-refractivity contribution in [3.05, 3.63) is 52.6 Å². The first-order valence-electron chi connectivity index (χ1n) is 7.92. The maximum atomic E-state index is 12.2. The van der Waals surface area contributed by atoms with Crippen molar-refractivity contribution in [1.29, 1.82) is 0 Å². The Morgan fingerprint density at radius 1 is 1.17 bits per heavy atom. The summed E-state index contributed by atoms with van der Waals surface area (Å²) in [7, 11) is 0. The number of amides is 1. The van der Waals surface area contributed by atoms with Crippen LogP contribution in [0.25, 0.3) is 0 Å². The lowest BCUT2D eigenvalue weighted by Gasteiger charge is -2.22. The van der Waals surface area contributed by atoms with Gasteiger partial charge in [0, 0.05) is 23.1 Å². The van der Waals surface area contributed by atoms with Gasteiger partial charge in [0.15, 0.2) is 0 Å². The lowest BCUT2D eigenvalue weighted by molar-refractivity contribution is 0.102. The zero-order valence-electron chi connectivity index (χ0n) is 13.6. The van der Waals surface area contributed by atoms with E-state index in [-0.39, 0.29) is 5.91 Å². The van der Waals surface area contributed by atoms with E-state index >= 15 is 0 Å². The minimum atomic E-state index is -0.139. The summed E-state index contributed by atoms with van der Waals surface area (Å²) in [5.74, 6) is 0.814. The molecule has 0 aliphatic carbocycles. The molecule has 0 unspecified atom stereocenters. The molecule has 1 aromatic heterocycles. The molecule has 122 valence electrons. The highest BCUT2D eigenvalue weighted by atomic mass is 79.9. The van der Waals surface area contributed by atoms with Crippen LogP contribution in [-0.2, 0) is 0 Å². The molecule has 2 rings (SSSR count). The van der Waals surface area contributed by atoms with E-state index in [4.69, 9.17) is 0 Å². The fourth-order valence-electron chi connectivity index (χ4n) is 2.36. The molecule has 0 saturated heterocycles. The summed E-state index contributed by atoms with van der Waals surface area (Å²) in [6.07, 6.45) is 3.88. The van der Waals surface area contributed by atoms with E-state index in [1.54, 1.807) is 18.3 Å². The summed E-state index contributed by atoms with van der Waals surface area (Å²) in [6.45, 7) is 6.31. The highest BCUT2D eigenvalue weighted by Crippen LogP contribution is 2.17. The fraction of sp³-hybridized carbons (Fsp3) is 0.333. The topological polar surface area (TPSA) is 45.2 Å². The van der Waals surface area contributed by atoms with Crippen LogP contribution in [0.5, 0.6) is 0 Å². The molecule has 0 bridgehead atoms. The second-order valence-electron chi connectivity index (χ2n) is 5.36. The third-order valence-electron chi connectivity index (χ3n) is 3.40. The molecule has 5 heteroatoms. The molecule has 1 amide bonds. The summed E-state index contributed by atoms with van der Waals surface area (Å²) < 4.78 is 0.883. The molecule has 0 saturated carbocycles.